The molecule has 1 unspecified atom stereocenters. The number of nitrogens with zero attached hydrogens (tertiary/aromatic N) is 1. The summed E-state index contributed by atoms with van der Waals surface area (Å²) >= 11 is 0. The molecule has 4 nitrogen and oxygen atoms in total. The Labute approximate surface area is 126 Å². The van der Waals surface area contributed by atoms with Crippen LogP contribution in [0.4, 0.5) is 5.69 Å². The van der Waals surface area contributed by atoms with Crippen molar-refractivity contribution in [2.45, 2.75) is 38.6 Å². The van der Waals surface area contributed by atoms with Gasteiger partial charge in [-0.25, -0.2) is 0 Å². The number of carbonyl (C=O) groups excluding carboxylic acids is 1. The number of rotatable bonds is 5. The Morgan fingerprint density at radius 1 is 1.38 bits per heavy atom. The highest BCUT2D eigenvalue weighted by Gasteiger charge is 2.32. The summed E-state index contributed by atoms with van der Waals surface area (Å²) in [4.78, 5) is 15.0. The highest BCUT2D eigenvalue weighted by Crippen LogP contribution is 2.33. The second-order valence-electron chi connectivity index (χ2n) is 6.37. The minimum atomic E-state index is 0.0305. The van der Waals surface area contributed by atoms with Crippen LogP contribution < -0.4 is 16.0 Å². The molecule has 1 aliphatic carbocycles. The zero-order chi connectivity index (χ0) is 14.8. The van der Waals surface area contributed by atoms with Gasteiger partial charge >= 0.3 is 0 Å². The van der Waals surface area contributed by atoms with Crippen LogP contribution in [0.25, 0.3) is 0 Å². The third-order valence-electron chi connectivity index (χ3n) is 4.60. The van der Waals surface area contributed by atoms with Crippen molar-refractivity contribution >= 4 is 11.6 Å². The maximum atomic E-state index is 12.7. The summed E-state index contributed by atoms with van der Waals surface area (Å²) in [6.07, 6.45) is 4.80. The first-order chi connectivity index (χ1) is 10.2. The summed E-state index contributed by atoms with van der Waals surface area (Å²) in [5.41, 5.74) is 8.80. The molecular weight excluding hydrogens is 262 g/mol. The zero-order valence-electron chi connectivity index (χ0n) is 12.8. The van der Waals surface area contributed by atoms with E-state index in [1.807, 2.05) is 13.0 Å². The van der Waals surface area contributed by atoms with Gasteiger partial charge in [-0.15, -0.1) is 0 Å². The Kier molecular flexibility index (Phi) is 4.15. The average molecular weight is 287 g/mol. The van der Waals surface area contributed by atoms with Gasteiger partial charge in [0.2, 0.25) is 0 Å². The molecular formula is C17H25N3O. The molecule has 1 saturated heterocycles. The predicted molar refractivity (Wildman–Crippen MR) is 85.7 cm³/mol. The third-order valence-corrected chi connectivity index (χ3v) is 4.60. The van der Waals surface area contributed by atoms with E-state index in [1.165, 1.54) is 25.7 Å². The van der Waals surface area contributed by atoms with Crippen LogP contribution in [-0.2, 0) is 0 Å². The number of carbonyl (C=O) groups is 1. The summed E-state index contributed by atoms with van der Waals surface area (Å²) in [7, 11) is 0. The van der Waals surface area contributed by atoms with Crippen molar-refractivity contribution in [3.63, 3.8) is 0 Å². The number of hydrogen-bond donors (Lipinski definition) is 2. The molecule has 4 heteroatoms. The van der Waals surface area contributed by atoms with E-state index in [9.17, 15) is 4.79 Å². The lowest BCUT2D eigenvalue weighted by atomic mass is 10.1. The van der Waals surface area contributed by atoms with Crippen LogP contribution in [0.5, 0.6) is 0 Å². The molecule has 0 radical (unpaired) electrons. The van der Waals surface area contributed by atoms with Crippen LogP contribution >= 0.6 is 0 Å². The van der Waals surface area contributed by atoms with Gasteiger partial charge in [-0.1, -0.05) is 11.6 Å². The van der Waals surface area contributed by atoms with Gasteiger partial charge in [0.15, 0.2) is 0 Å². The fraction of sp³-hybridized carbons (Fsp3) is 0.588. The minimum absolute atomic E-state index is 0.0305. The SMILES string of the molecule is Cc1ccc(N2CCCC2)c(C(=O)NC(CN)C2CC2)c1. The van der Waals surface area contributed by atoms with Gasteiger partial charge in [-0.05, 0) is 50.7 Å². The van der Waals surface area contributed by atoms with Gasteiger partial charge < -0.3 is 16.0 Å². The Morgan fingerprint density at radius 2 is 2.10 bits per heavy atom. The number of nitrogens with two attached hydrogens (primary N) is 1. The number of nitrogens with one attached hydrogen (secondary N) is 1. The molecule has 2 aliphatic rings. The fourth-order valence-electron chi connectivity index (χ4n) is 3.18. The summed E-state index contributed by atoms with van der Waals surface area (Å²) < 4.78 is 0. The maximum absolute atomic E-state index is 12.7. The van der Waals surface area contributed by atoms with E-state index in [0.717, 1.165) is 29.9 Å². The Hall–Kier alpha value is -1.55. The van der Waals surface area contributed by atoms with Crippen LogP contribution in [0, 0.1) is 12.8 Å². The fourth-order valence-corrected chi connectivity index (χ4v) is 3.18. The topological polar surface area (TPSA) is 58.4 Å². The Morgan fingerprint density at radius 3 is 2.71 bits per heavy atom. The van der Waals surface area contributed by atoms with Crippen molar-refractivity contribution in [3.05, 3.63) is 29.3 Å². The molecule has 114 valence electrons. The van der Waals surface area contributed by atoms with Gasteiger partial charge in [-0.3, -0.25) is 4.79 Å². The molecule has 3 N–H and O–H groups in total. The monoisotopic (exact) mass is 287 g/mol. The maximum Gasteiger partial charge on any atom is 0.253 e. The van der Waals surface area contributed by atoms with Gasteiger partial charge in [0.25, 0.3) is 5.91 Å². The number of aryl methyl sites for hydroxylation is 1. The zero-order valence-corrected chi connectivity index (χ0v) is 12.8. The van der Waals surface area contributed by atoms with E-state index in [0.29, 0.717) is 12.5 Å². The highest BCUT2D eigenvalue weighted by atomic mass is 16.1. The largest absolute Gasteiger partial charge is 0.371 e. The molecule has 2 fully saturated rings. The number of benzene rings is 1. The molecule has 1 amide bonds. The number of amides is 1. The van der Waals surface area contributed by atoms with Gasteiger partial charge in [0.1, 0.15) is 0 Å². The Balaban J connectivity index is 1.81. The quantitative estimate of drug-likeness (QED) is 0.871. The van der Waals surface area contributed by atoms with Crippen molar-refractivity contribution in [3.8, 4) is 0 Å². The first-order valence-electron chi connectivity index (χ1n) is 8.05. The van der Waals surface area contributed by atoms with E-state index in [1.54, 1.807) is 0 Å². The lowest BCUT2D eigenvalue weighted by molar-refractivity contribution is 0.0934. The molecule has 3 rings (SSSR count). The average Bonchev–Trinajstić information content (AvgIpc) is 3.19. The van der Waals surface area contributed by atoms with E-state index in [4.69, 9.17) is 5.73 Å². The highest BCUT2D eigenvalue weighted by molar-refractivity contribution is 6.00. The van der Waals surface area contributed by atoms with Crippen LogP contribution in [0.3, 0.4) is 0 Å². The second kappa shape index (κ2) is 6.06. The second-order valence-corrected chi connectivity index (χ2v) is 6.37. The molecule has 0 aromatic heterocycles. The van der Waals surface area contributed by atoms with Gasteiger partial charge in [0, 0.05) is 31.4 Å². The van der Waals surface area contributed by atoms with E-state index in [2.05, 4.69) is 22.3 Å². The van der Waals surface area contributed by atoms with E-state index >= 15 is 0 Å². The normalized spacial score (nSPS) is 19.6. The molecule has 0 bridgehead atoms. The van der Waals surface area contributed by atoms with Crippen LogP contribution in [0.1, 0.15) is 41.6 Å². The minimum Gasteiger partial charge on any atom is -0.371 e. The summed E-state index contributed by atoms with van der Waals surface area (Å²) in [6, 6.07) is 6.31. The molecule has 1 aromatic carbocycles. The first kappa shape index (κ1) is 14.4. The van der Waals surface area contributed by atoms with Gasteiger partial charge in [0.05, 0.1) is 5.56 Å². The third kappa shape index (κ3) is 3.21. The molecule has 1 aliphatic heterocycles. The van der Waals surface area contributed by atoms with Crippen molar-refractivity contribution in [1.29, 1.82) is 0 Å². The van der Waals surface area contributed by atoms with E-state index in [-0.39, 0.29) is 11.9 Å². The lowest BCUT2D eigenvalue weighted by Gasteiger charge is -2.23. The lowest BCUT2D eigenvalue weighted by Crippen LogP contribution is -2.42. The smallest absolute Gasteiger partial charge is 0.253 e. The summed E-state index contributed by atoms with van der Waals surface area (Å²) in [5, 5.41) is 3.15. The molecule has 1 aromatic rings. The van der Waals surface area contributed by atoms with Crippen molar-refractivity contribution in [1.82, 2.24) is 5.32 Å². The van der Waals surface area contributed by atoms with Crippen molar-refractivity contribution in [2.75, 3.05) is 24.5 Å². The first-order valence-corrected chi connectivity index (χ1v) is 8.05. The van der Waals surface area contributed by atoms with Crippen LogP contribution in [0.2, 0.25) is 0 Å². The number of hydrogen-bond acceptors (Lipinski definition) is 3. The van der Waals surface area contributed by atoms with E-state index < -0.39 is 0 Å². The Bertz CT molecular complexity index is 519. The predicted octanol–water partition coefficient (Wildman–Crippen LogP) is 2.06. The molecule has 1 saturated carbocycles. The van der Waals surface area contributed by atoms with Crippen LogP contribution in [0.15, 0.2) is 18.2 Å². The van der Waals surface area contributed by atoms with Crippen molar-refractivity contribution < 1.29 is 4.79 Å². The van der Waals surface area contributed by atoms with Crippen LogP contribution in [-0.4, -0.2) is 31.6 Å². The molecule has 0 spiro atoms. The summed E-state index contributed by atoms with van der Waals surface area (Å²) in [6.45, 7) is 4.66. The molecule has 1 atom stereocenters. The van der Waals surface area contributed by atoms with Crippen molar-refractivity contribution in [2.24, 2.45) is 11.7 Å². The molecule has 21 heavy (non-hydrogen) atoms. The molecule has 1 heterocycles. The number of anilines is 1. The summed E-state index contributed by atoms with van der Waals surface area (Å²) in [5.74, 6) is 0.613. The standard InChI is InChI=1S/C17H25N3O/c1-12-4-7-16(20-8-2-3-9-20)14(10-12)17(21)19-15(11-18)13-5-6-13/h4,7,10,13,15H,2-3,5-6,8-9,11,18H2,1H3,(H,19,21). The van der Waals surface area contributed by atoms with Gasteiger partial charge in [-0.2, -0.15) is 0 Å².